The molecule has 5 rings (SSSR count). The number of carbonyl (C=O) groups excluding carboxylic acids is 2. The number of esters is 1. The summed E-state index contributed by atoms with van der Waals surface area (Å²) in [6.07, 6.45) is 2.69. The van der Waals surface area contributed by atoms with Crippen LogP contribution in [0.25, 0.3) is 10.9 Å². The Balaban J connectivity index is 1.21. The van der Waals surface area contributed by atoms with E-state index in [2.05, 4.69) is 9.97 Å². The number of para-hydroxylation sites is 1. The maximum Gasteiger partial charge on any atom is 0.312 e. The first kappa shape index (κ1) is 24.5. The predicted octanol–water partition coefficient (Wildman–Crippen LogP) is 3.35. The van der Waals surface area contributed by atoms with Gasteiger partial charge in [0.05, 0.1) is 41.4 Å². The van der Waals surface area contributed by atoms with Crippen LogP contribution in [0.5, 0.6) is 0 Å². The molecule has 0 spiro atoms. The largest absolute Gasteiger partial charge is 0.458 e. The van der Waals surface area contributed by atoms with Gasteiger partial charge in [-0.05, 0) is 36.4 Å². The molecule has 10 heteroatoms. The zero-order valence-corrected chi connectivity index (χ0v) is 20.4. The summed E-state index contributed by atoms with van der Waals surface area (Å²) in [5.41, 5.74) is 0.956. The molecule has 2 aromatic carbocycles. The lowest BCUT2D eigenvalue weighted by atomic mass is 10.1. The lowest BCUT2D eigenvalue weighted by Gasteiger charge is -2.38. The number of pyridine rings is 2. The summed E-state index contributed by atoms with van der Waals surface area (Å²) < 4.78 is 46.4. The first-order valence-corrected chi connectivity index (χ1v) is 13.2. The van der Waals surface area contributed by atoms with Gasteiger partial charge in [0.25, 0.3) is 5.91 Å². The van der Waals surface area contributed by atoms with E-state index in [1.165, 1.54) is 29.3 Å². The van der Waals surface area contributed by atoms with Gasteiger partial charge in [0.2, 0.25) is 0 Å². The molecule has 0 aliphatic carbocycles. The van der Waals surface area contributed by atoms with Gasteiger partial charge in [-0.2, -0.15) is 0 Å². The maximum absolute atomic E-state index is 14.9. The average molecular weight is 520 g/mol. The van der Waals surface area contributed by atoms with Crippen LogP contribution in [0.2, 0.25) is 0 Å². The molecule has 188 valence electrons. The third kappa shape index (κ3) is 5.34. The zero-order valence-electron chi connectivity index (χ0n) is 19.6. The predicted molar refractivity (Wildman–Crippen MR) is 133 cm³/mol. The third-order valence-electron chi connectivity index (χ3n) is 6.06. The van der Waals surface area contributed by atoms with Crippen LogP contribution >= 0.6 is 0 Å². The Morgan fingerprint density at radius 2 is 1.76 bits per heavy atom. The van der Waals surface area contributed by atoms with Gasteiger partial charge < -0.3 is 9.64 Å². The molecule has 0 saturated carbocycles. The van der Waals surface area contributed by atoms with Crippen LogP contribution in [-0.4, -0.2) is 54.4 Å². The molecule has 1 aliphatic rings. The number of amides is 1. The van der Waals surface area contributed by atoms with Gasteiger partial charge >= 0.3 is 5.97 Å². The zero-order chi connectivity index (χ0) is 26.0. The highest BCUT2D eigenvalue weighted by Crippen LogP contribution is 2.26. The normalized spacial score (nSPS) is 13.8. The van der Waals surface area contributed by atoms with E-state index in [0.29, 0.717) is 16.6 Å². The van der Waals surface area contributed by atoms with Gasteiger partial charge in [0, 0.05) is 28.9 Å². The highest BCUT2D eigenvalue weighted by Gasteiger charge is 2.34. The van der Waals surface area contributed by atoms with Gasteiger partial charge in [0.15, 0.2) is 9.84 Å². The number of likely N-dealkylation sites (tertiary alicyclic amines) is 1. The number of fused-ring (bicyclic) bond motifs is 1. The third-order valence-corrected chi connectivity index (χ3v) is 7.75. The molecule has 0 atom stereocenters. The first-order valence-electron chi connectivity index (χ1n) is 11.5. The first-order chi connectivity index (χ1) is 17.8. The van der Waals surface area contributed by atoms with Crippen molar-refractivity contribution >= 4 is 32.6 Å². The molecule has 0 radical (unpaired) electrons. The molecule has 0 N–H and O–H groups in total. The van der Waals surface area contributed by atoms with Crippen molar-refractivity contribution in [1.82, 2.24) is 14.9 Å². The fourth-order valence-corrected chi connectivity index (χ4v) is 5.70. The van der Waals surface area contributed by atoms with E-state index in [1.54, 1.807) is 48.7 Å². The Bertz CT molecular complexity index is 1580. The summed E-state index contributed by atoms with van der Waals surface area (Å²) in [7, 11) is -3.90. The van der Waals surface area contributed by atoms with Gasteiger partial charge in [-0.15, -0.1) is 0 Å². The minimum absolute atomic E-state index is 0.0226. The number of halogens is 1. The van der Waals surface area contributed by atoms with Crippen LogP contribution in [0.4, 0.5) is 4.39 Å². The van der Waals surface area contributed by atoms with Crippen molar-refractivity contribution in [2.24, 2.45) is 0 Å². The Hall–Kier alpha value is -4.18. The summed E-state index contributed by atoms with van der Waals surface area (Å²) in [6.45, 7) is 0.386. The van der Waals surface area contributed by atoms with E-state index in [1.807, 2.05) is 0 Å². The number of carbonyl (C=O) groups is 2. The van der Waals surface area contributed by atoms with Crippen LogP contribution in [0.15, 0.2) is 84.0 Å². The molecule has 8 nitrogen and oxygen atoms in total. The Morgan fingerprint density at radius 3 is 2.51 bits per heavy atom. The number of hydrogen-bond donors (Lipinski definition) is 0. The Kier molecular flexibility index (Phi) is 6.66. The molecule has 2 aromatic heterocycles. The van der Waals surface area contributed by atoms with E-state index in [-0.39, 0.29) is 35.5 Å². The van der Waals surface area contributed by atoms with Crippen LogP contribution in [0, 0.1) is 5.82 Å². The van der Waals surface area contributed by atoms with E-state index < -0.39 is 39.4 Å². The van der Waals surface area contributed by atoms with Gasteiger partial charge in [-0.1, -0.05) is 30.3 Å². The second-order valence-corrected chi connectivity index (χ2v) is 10.7. The monoisotopic (exact) mass is 519 g/mol. The van der Waals surface area contributed by atoms with Crippen LogP contribution in [0.1, 0.15) is 21.6 Å². The van der Waals surface area contributed by atoms with E-state index in [9.17, 15) is 22.4 Å². The second kappa shape index (κ2) is 10.1. The van der Waals surface area contributed by atoms with Gasteiger partial charge in [0.1, 0.15) is 11.9 Å². The average Bonchev–Trinajstić information content (AvgIpc) is 2.87. The van der Waals surface area contributed by atoms with Crippen molar-refractivity contribution in [1.29, 1.82) is 0 Å². The van der Waals surface area contributed by atoms with Crippen LogP contribution < -0.4 is 0 Å². The summed E-state index contributed by atoms with van der Waals surface area (Å²) >= 11 is 0. The quantitative estimate of drug-likeness (QED) is 0.345. The summed E-state index contributed by atoms with van der Waals surface area (Å²) in [5.74, 6) is -2.22. The van der Waals surface area contributed by atoms with Crippen molar-refractivity contribution in [3.05, 3.63) is 102 Å². The topological polar surface area (TPSA) is 107 Å². The van der Waals surface area contributed by atoms with Gasteiger partial charge in [-0.25, -0.2) is 12.8 Å². The maximum atomic E-state index is 14.9. The highest BCUT2D eigenvalue weighted by molar-refractivity contribution is 7.90. The molecular formula is C27H22FN3O5S. The summed E-state index contributed by atoms with van der Waals surface area (Å²) in [6, 6.07) is 17.3. The van der Waals surface area contributed by atoms with Crippen molar-refractivity contribution in [2.75, 3.05) is 13.1 Å². The lowest BCUT2D eigenvalue weighted by Crippen LogP contribution is -2.55. The fraction of sp³-hybridized carbons (Fsp3) is 0.185. The molecule has 4 aromatic rings. The van der Waals surface area contributed by atoms with Crippen molar-refractivity contribution < 1.29 is 27.1 Å². The number of benzene rings is 2. The van der Waals surface area contributed by atoms with Crippen molar-refractivity contribution in [2.45, 2.75) is 23.2 Å². The van der Waals surface area contributed by atoms with Crippen LogP contribution in [0.3, 0.4) is 0 Å². The Morgan fingerprint density at radius 1 is 0.973 bits per heavy atom. The smallest absolute Gasteiger partial charge is 0.312 e. The van der Waals surface area contributed by atoms with Crippen molar-refractivity contribution in [3.63, 3.8) is 0 Å². The molecule has 1 fully saturated rings. The fourth-order valence-electron chi connectivity index (χ4n) is 4.15. The molecule has 0 unspecified atom stereocenters. The molecular weight excluding hydrogens is 497 g/mol. The number of ether oxygens (including phenoxy) is 1. The van der Waals surface area contributed by atoms with E-state index in [4.69, 9.17) is 4.74 Å². The lowest BCUT2D eigenvalue weighted by molar-refractivity contribution is -0.154. The summed E-state index contributed by atoms with van der Waals surface area (Å²) in [4.78, 5) is 34.5. The minimum atomic E-state index is -3.90. The minimum Gasteiger partial charge on any atom is -0.458 e. The summed E-state index contributed by atoms with van der Waals surface area (Å²) in [5, 5.41) is 0.667. The Labute approximate surface area is 212 Å². The number of sulfone groups is 1. The second-order valence-electron chi connectivity index (χ2n) is 8.72. The van der Waals surface area contributed by atoms with Crippen LogP contribution in [-0.2, 0) is 31.5 Å². The SMILES string of the molecule is O=C(Cc1ccccn1)OC1CN(C(=O)c2ccc(CS(=O)(=O)c3cccc4cccnc34)c(F)c2)C1. The molecule has 0 bridgehead atoms. The van der Waals surface area contributed by atoms with Crippen molar-refractivity contribution in [3.8, 4) is 0 Å². The number of hydrogen-bond acceptors (Lipinski definition) is 7. The molecule has 1 amide bonds. The number of nitrogens with zero attached hydrogens (tertiary/aromatic N) is 3. The van der Waals surface area contributed by atoms with Gasteiger partial charge in [-0.3, -0.25) is 19.6 Å². The standard InChI is InChI=1S/C27H22FN3O5S/c28-23-13-19(27(33)31-15-22(16-31)36-25(32)14-21-7-1-2-11-29-21)9-10-20(23)17-37(34,35)24-8-3-5-18-6-4-12-30-26(18)24/h1-13,22H,14-17H2. The number of aromatic nitrogens is 2. The van der Waals surface area contributed by atoms with E-state index >= 15 is 0 Å². The number of rotatable bonds is 7. The molecule has 3 heterocycles. The van der Waals surface area contributed by atoms with E-state index in [0.717, 1.165) is 6.07 Å². The highest BCUT2D eigenvalue weighted by atomic mass is 32.2. The molecule has 1 saturated heterocycles. The molecule has 1 aliphatic heterocycles. The molecule has 37 heavy (non-hydrogen) atoms.